The minimum absolute atomic E-state index is 0.0824. The van der Waals surface area contributed by atoms with E-state index in [1.165, 1.54) is 12.1 Å². The molecule has 9 heteroatoms. The first-order valence-corrected chi connectivity index (χ1v) is 11.1. The number of anilines is 2. The van der Waals surface area contributed by atoms with Gasteiger partial charge in [-0.25, -0.2) is 9.18 Å². The van der Waals surface area contributed by atoms with E-state index in [0.717, 1.165) is 12.0 Å². The van der Waals surface area contributed by atoms with Crippen molar-refractivity contribution in [2.45, 2.75) is 50.4 Å². The molecule has 0 aliphatic carbocycles. The molecule has 0 saturated carbocycles. The first-order valence-electron chi connectivity index (χ1n) is 11.1. The Morgan fingerprint density at radius 1 is 1.18 bits per heavy atom. The molecular formula is C24H28FN3O5. The smallest absolute Gasteiger partial charge is 0.323 e. The number of benzene rings is 2. The summed E-state index contributed by atoms with van der Waals surface area (Å²) >= 11 is 0. The second kappa shape index (κ2) is 10.2. The highest BCUT2D eigenvalue weighted by molar-refractivity contribution is 5.99. The molecule has 4 rings (SSSR count). The second-order valence-corrected chi connectivity index (χ2v) is 8.27. The Kier molecular flexibility index (Phi) is 7.10. The molecule has 33 heavy (non-hydrogen) atoms. The zero-order valence-corrected chi connectivity index (χ0v) is 18.3. The van der Waals surface area contributed by atoms with Crippen molar-refractivity contribution in [1.29, 1.82) is 0 Å². The zero-order chi connectivity index (χ0) is 23.4. The summed E-state index contributed by atoms with van der Waals surface area (Å²) < 4.78 is 25.8. The van der Waals surface area contributed by atoms with Crippen LogP contribution < -0.4 is 20.7 Å². The third kappa shape index (κ3) is 5.26. The topological polar surface area (TPSA) is 109 Å². The predicted molar refractivity (Wildman–Crippen MR) is 121 cm³/mol. The number of ether oxygens (including phenoxy) is 2. The molecular weight excluding hydrogens is 429 g/mol. The largest absolute Gasteiger partial charge is 0.487 e. The maximum Gasteiger partial charge on any atom is 0.323 e. The summed E-state index contributed by atoms with van der Waals surface area (Å²) in [4.78, 5) is 24.5. The minimum Gasteiger partial charge on any atom is -0.487 e. The van der Waals surface area contributed by atoms with Gasteiger partial charge >= 0.3 is 6.03 Å². The number of carbonyl (C=O) groups excluding carboxylic acids is 2. The number of aliphatic hydroxyl groups excluding tert-OH is 1. The van der Waals surface area contributed by atoms with Gasteiger partial charge in [0.1, 0.15) is 23.8 Å². The lowest BCUT2D eigenvalue weighted by molar-refractivity contribution is -0.142. The number of amides is 3. The number of carbonyl (C=O) groups is 2. The normalized spacial score (nSPS) is 23.1. The molecule has 1 fully saturated rings. The van der Waals surface area contributed by atoms with Crippen molar-refractivity contribution in [2.75, 3.05) is 23.8 Å². The fourth-order valence-corrected chi connectivity index (χ4v) is 4.36. The third-order valence-electron chi connectivity index (χ3n) is 5.86. The molecule has 0 bridgehead atoms. The Hall–Kier alpha value is -3.17. The molecule has 2 aliphatic heterocycles. The van der Waals surface area contributed by atoms with Crippen LogP contribution in [0.2, 0.25) is 0 Å². The van der Waals surface area contributed by atoms with E-state index in [9.17, 15) is 19.1 Å². The number of para-hydroxylation sites is 1. The summed E-state index contributed by atoms with van der Waals surface area (Å²) in [5.41, 5.74) is 1.49. The van der Waals surface area contributed by atoms with Gasteiger partial charge in [-0.2, -0.15) is 0 Å². The van der Waals surface area contributed by atoms with E-state index in [0.29, 0.717) is 24.4 Å². The van der Waals surface area contributed by atoms with Crippen LogP contribution in [0.4, 0.5) is 20.6 Å². The van der Waals surface area contributed by atoms with Gasteiger partial charge in [0.2, 0.25) is 5.91 Å². The van der Waals surface area contributed by atoms with Crippen LogP contribution in [0.25, 0.3) is 0 Å². The summed E-state index contributed by atoms with van der Waals surface area (Å²) in [6, 6.07) is 10.6. The molecule has 3 amide bonds. The van der Waals surface area contributed by atoms with Crippen LogP contribution in [0.3, 0.4) is 0 Å². The molecule has 8 nitrogen and oxygen atoms in total. The summed E-state index contributed by atoms with van der Waals surface area (Å²) in [5, 5.41) is 17.9. The van der Waals surface area contributed by atoms with Crippen LogP contribution in [0, 0.1) is 5.82 Å². The number of hydrogen-bond donors (Lipinski definition) is 4. The molecule has 176 valence electrons. The van der Waals surface area contributed by atoms with E-state index in [4.69, 9.17) is 9.47 Å². The zero-order valence-electron chi connectivity index (χ0n) is 18.3. The van der Waals surface area contributed by atoms with Crippen LogP contribution in [-0.4, -0.2) is 48.5 Å². The van der Waals surface area contributed by atoms with Crippen LogP contribution in [-0.2, 0) is 9.53 Å². The van der Waals surface area contributed by atoms with E-state index in [2.05, 4.69) is 16.0 Å². The summed E-state index contributed by atoms with van der Waals surface area (Å²) in [6.07, 6.45) is 0.332. The van der Waals surface area contributed by atoms with Crippen molar-refractivity contribution < 1.29 is 28.6 Å². The lowest BCUT2D eigenvalue weighted by Gasteiger charge is -2.37. The van der Waals surface area contributed by atoms with Gasteiger partial charge in [0.15, 0.2) is 0 Å². The number of urea groups is 1. The standard InChI is InChI=1S/C24H28FN3O5/c1-2-9-26-22(30)12-15-11-17-16-10-14(7-8-20(16)33-23(17)21(13-29)32-15)27-24(31)28-19-6-4-3-5-18(19)25/h3-8,10,15,17,21,23,29H,2,9,11-13H2,1H3,(H,26,30)(H2,27,28,31)/t15-,17+,21-,23-/m0/s1. The fraction of sp³-hybridized carbons (Fsp3) is 0.417. The van der Waals surface area contributed by atoms with Crippen molar-refractivity contribution in [3.05, 3.63) is 53.8 Å². The molecule has 2 heterocycles. The molecule has 0 spiro atoms. The Balaban J connectivity index is 1.46. The van der Waals surface area contributed by atoms with Gasteiger partial charge in [0, 0.05) is 23.7 Å². The monoisotopic (exact) mass is 457 g/mol. The summed E-state index contributed by atoms with van der Waals surface area (Å²) in [6.45, 7) is 2.37. The van der Waals surface area contributed by atoms with Crippen molar-refractivity contribution in [1.82, 2.24) is 5.32 Å². The van der Waals surface area contributed by atoms with Gasteiger partial charge in [-0.1, -0.05) is 19.1 Å². The van der Waals surface area contributed by atoms with Crippen molar-refractivity contribution in [3.8, 4) is 5.75 Å². The quantitative estimate of drug-likeness (QED) is 0.510. The highest BCUT2D eigenvalue weighted by Gasteiger charge is 2.46. The number of fused-ring (bicyclic) bond motifs is 3. The first kappa shape index (κ1) is 23.0. The lowest BCUT2D eigenvalue weighted by atomic mass is 9.84. The van der Waals surface area contributed by atoms with Crippen molar-refractivity contribution in [3.63, 3.8) is 0 Å². The van der Waals surface area contributed by atoms with E-state index >= 15 is 0 Å². The predicted octanol–water partition coefficient (Wildman–Crippen LogP) is 3.38. The molecule has 4 N–H and O–H groups in total. The van der Waals surface area contributed by atoms with E-state index < -0.39 is 18.0 Å². The minimum atomic E-state index is -0.568. The molecule has 0 unspecified atom stereocenters. The van der Waals surface area contributed by atoms with Gasteiger partial charge in [-0.15, -0.1) is 0 Å². The maximum absolute atomic E-state index is 13.8. The Bertz CT molecular complexity index is 1020. The summed E-state index contributed by atoms with van der Waals surface area (Å²) in [5.74, 6) is -0.0464. The number of hydrogen-bond acceptors (Lipinski definition) is 5. The fourth-order valence-electron chi connectivity index (χ4n) is 4.36. The van der Waals surface area contributed by atoms with Gasteiger partial charge < -0.3 is 30.5 Å². The van der Waals surface area contributed by atoms with Gasteiger partial charge in [0.05, 0.1) is 24.8 Å². The number of halogens is 1. The molecule has 2 aromatic carbocycles. The van der Waals surface area contributed by atoms with Crippen LogP contribution in [0.5, 0.6) is 5.75 Å². The maximum atomic E-state index is 13.8. The Morgan fingerprint density at radius 2 is 2.00 bits per heavy atom. The Morgan fingerprint density at radius 3 is 2.76 bits per heavy atom. The van der Waals surface area contributed by atoms with Crippen LogP contribution >= 0.6 is 0 Å². The average Bonchev–Trinajstić information content (AvgIpc) is 3.16. The van der Waals surface area contributed by atoms with Gasteiger partial charge in [0.25, 0.3) is 0 Å². The molecule has 0 radical (unpaired) electrons. The number of aliphatic hydroxyl groups is 1. The SMILES string of the molecule is CCCNC(=O)C[C@@H]1C[C@@H]2c3cc(NC(=O)Nc4ccccc4F)ccc3O[C@@H]2[C@H](CO)O1. The first-order chi connectivity index (χ1) is 16.0. The van der Waals surface area contributed by atoms with Crippen LogP contribution in [0.1, 0.15) is 37.7 Å². The third-order valence-corrected chi connectivity index (χ3v) is 5.86. The van der Waals surface area contributed by atoms with E-state index in [-0.39, 0.29) is 42.7 Å². The molecule has 0 aromatic heterocycles. The van der Waals surface area contributed by atoms with Crippen molar-refractivity contribution >= 4 is 23.3 Å². The highest BCUT2D eigenvalue weighted by atomic mass is 19.1. The van der Waals surface area contributed by atoms with Gasteiger partial charge in [-0.05, 0) is 43.2 Å². The molecule has 4 atom stereocenters. The number of rotatable bonds is 7. The number of nitrogens with one attached hydrogen (secondary N) is 3. The average molecular weight is 458 g/mol. The molecule has 2 aliphatic rings. The lowest BCUT2D eigenvalue weighted by Crippen LogP contribution is -2.47. The molecule has 1 saturated heterocycles. The molecule has 2 aromatic rings. The second-order valence-electron chi connectivity index (χ2n) is 8.27. The Labute approximate surface area is 191 Å². The van der Waals surface area contributed by atoms with Gasteiger partial charge in [-0.3, -0.25) is 4.79 Å². The van der Waals surface area contributed by atoms with Crippen molar-refractivity contribution in [2.24, 2.45) is 0 Å². The van der Waals surface area contributed by atoms with Crippen LogP contribution in [0.15, 0.2) is 42.5 Å². The highest BCUT2D eigenvalue weighted by Crippen LogP contribution is 2.47. The van der Waals surface area contributed by atoms with E-state index in [1.807, 2.05) is 13.0 Å². The van der Waals surface area contributed by atoms with E-state index in [1.54, 1.807) is 24.3 Å². The summed E-state index contributed by atoms with van der Waals surface area (Å²) in [7, 11) is 0.